The van der Waals surface area contributed by atoms with Crippen molar-refractivity contribution in [2.24, 2.45) is 0 Å². The molecule has 0 atom stereocenters. The van der Waals surface area contributed by atoms with E-state index >= 15 is 0 Å². The lowest BCUT2D eigenvalue weighted by molar-refractivity contribution is 0.571. The van der Waals surface area contributed by atoms with Gasteiger partial charge in [0.2, 0.25) is 0 Å². The smallest absolute Gasteiger partial charge is 0.252 e. The van der Waals surface area contributed by atoms with Crippen LogP contribution in [-0.2, 0) is 27.1 Å². The highest BCUT2D eigenvalue weighted by Gasteiger charge is 2.48. The molecule has 620 valence electrons. The molecule has 0 saturated heterocycles. The zero-order valence-corrected chi connectivity index (χ0v) is 76.3. The molecule has 127 heavy (non-hydrogen) atoms. The van der Waals surface area contributed by atoms with E-state index in [2.05, 4.69) is 453 Å². The Morgan fingerprint density at radius 2 is 0.598 bits per heavy atom. The zero-order valence-electron chi connectivity index (χ0n) is 83.3. The Morgan fingerprint density at radius 1 is 0.260 bits per heavy atom. The van der Waals surface area contributed by atoms with Crippen molar-refractivity contribution >= 4 is 108 Å². The van der Waals surface area contributed by atoms with Gasteiger partial charge in [-0.1, -0.05) is 431 Å². The van der Waals surface area contributed by atoms with E-state index in [1.54, 1.807) is 4.57 Å². The number of para-hydroxylation sites is 2. The predicted molar refractivity (Wildman–Crippen MR) is 550 cm³/mol. The molecular weight excluding hydrogens is 1550 g/mol. The molecule has 2 aliphatic heterocycles. The molecule has 20 rings (SSSR count). The van der Waals surface area contributed by atoms with Crippen molar-refractivity contribution in [1.82, 2.24) is 4.57 Å². The summed E-state index contributed by atoms with van der Waals surface area (Å²) in [6.45, 7) is 34.2. The number of rotatable bonds is 14. The van der Waals surface area contributed by atoms with Gasteiger partial charge >= 0.3 is 0 Å². The van der Waals surface area contributed by atoms with Gasteiger partial charge in [-0.05, 0) is 214 Å². The lowest BCUT2D eigenvalue weighted by atomic mass is 9.33. The van der Waals surface area contributed by atoms with Crippen molar-refractivity contribution in [3.05, 3.63) is 422 Å². The van der Waals surface area contributed by atoms with Crippen LogP contribution in [0.25, 0.3) is 105 Å². The molecule has 0 aliphatic carbocycles. The summed E-state index contributed by atoms with van der Waals surface area (Å²) in [6.07, 6.45) is 0. The highest BCUT2D eigenvalue weighted by molar-refractivity contribution is 7.20. The van der Waals surface area contributed by atoms with E-state index in [-0.39, 0.29) is 55.6 Å². The maximum absolute atomic E-state index is 10.1. The quantitative estimate of drug-likeness (QED) is 0.0794. The number of nitrogens with zero attached hydrogens (tertiary/aromatic N) is 3. The van der Waals surface area contributed by atoms with Crippen LogP contribution in [0.3, 0.4) is 0 Å². The van der Waals surface area contributed by atoms with E-state index < -0.39 is 56.5 Å². The first-order chi connectivity index (χ1) is 64.5. The molecule has 0 fully saturated rings. The molecule has 5 heteroatoms. The fraction of sp³-hybridized carbons (Fsp3) is 0.164. The number of hydrogen-bond donors (Lipinski definition) is 0. The van der Waals surface area contributed by atoms with E-state index in [4.69, 9.17) is 0 Å². The minimum Gasteiger partial charge on any atom is -0.310 e. The minimum atomic E-state index is -3.02. The number of anilines is 6. The normalized spacial score (nSPS) is 13.8. The van der Waals surface area contributed by atoms with Gasteiger partial charge in [0.15, 0.2) is 8.07 Å². The third kappa shape index (κ3) is 14.2. The van der Waals surface area contributed by atoms with Gasteiger partial charge in [-0.25, -0.2) is 0 Å². The van der Waals surface area contributed by atoms with Gasteiger partial charge in [0.1, 0.15) is 0 Å². The average molecular weight is 1670 g/mol. The molecule has 2 aliphatic rings. The maximum Gasteiger partial charge on any atom is 0.252 e. The molecule has 0 spiro atoms. The Bertz CT molecular complexity index is 7380. The van der Waals surface area contributed by atoms with E-state index in [9.17, 15) is 11.0 Å². The van der Waals surface area contributed by atoms with Crippen molar-refractivity contribution < 1.29 is 11.0 Å². The molecule has 0 radical (unpaired) electrons. The monoisotopic (exact) mass is 1660 g/mol. The Labute approximate surface area is 764 Å². The van der Waals surface area contributed by atoms with Crippen LogP contribution in [0, 0.1) is 0 Å². The summed E-state index contributed by atoms with van der Waals surface area (Å²) in [4.78, 5) is 5.15. The SMILES string of the molecule is [2H]c1c([2H])c([2H])c2c(c1[2H])c1c([2H])c([2H])c([2H])c([2H])c1n2-c1ccc2c(c1)N(c1c(-c3ccccc3)cc(-c3c(C(C)(C)C)cccc3C(C)(C)C)cc1-c1ccccc1)c1cc(C(C)(C)C)cc3c1B2c1cc(-c2ccc([Si](c4ccccc4)(c4ccccc4)c4ccccc4)cc2)ccc1N3c1c(-c2ccccc2)cc(-c2c(C(C)(C)C)cccc2C(C)(C)C)cc1-c1ccccc1. The molecule has 0 unspecified atom stereocenters. The van der Waals surface area contributed by atoms with Gasteiger partial charge in [0, 0.05) is 61.5 Å². The van der Waals surface area contributed by atoms with Crippen molar-refractivity contribution in [2.45, 2.75) is 131 Å². The molecule has 18 aromatic rings. The van der Waals surface area contributed by atoms with Gasteiger partial charge in [-0.3, -0.25) is 0 Å². The van der Waals surface area contributed by atoms with Crippen molar-refractivity contribution in [2.75, 3.05) is 9.80 Å². The van der Waals surface area contributed by atoms with Crippen LogP contribution in [0.1, 0.15) is 143 Å². The Kier molecular flexibility index (Phi) is 18.0. The third-order valence-electron chi connectivity index (χ3n) is 26.4. The molecule has 0 bridgehead atoms. The van der Waals surface area contributed by atoms with E-state index in [1.165, 1.54) is 54.1 Å². The standard InChI is InChI=1S/C122H110BN3Si/c1-118(2,3)89-78-111-115-112(79-89)126(117-99(84-47-27-18-28-48-84)75-88(76-100(117)85-49-29-19-30-50-85)114-103(121(10,11)12)61-42-62-104(114)122(13,14)15)110-80-90(124-107-63-39-37-57-95(107)96-58-38-40-64-108(96)124)68-71-105(110)123(115)106-77-86(81-65-69-94(70-66-81)127(91-51-31-20-32-52-91,92-53-33-21-34-54-92)93-55-35-22-36-56-93)67-72-109(106)125(111)116-97(82-43-23-16-24-44-82)73-87(74-98(116)83-45-25-17-26-46-83)113-101(119(4,5)6)59-41-60-102(113)120(7,8)9/h16-80H,1-15H3/i37D,38D,39D,40D,57D,58D,63D,64D. The largest absolute Gasteiger partial charge is 0.310 e. The van der Waals surface area contributed by atoms with Gasteiger partial charge in [0.05, 0.1) is 33.4 Å². The van der Waals surface area contributed by atoms with Crippen LogP contribution in [0.4, 0.5) is 34.1 Å². The van der Waals surface area contributed by atoms with E-state index in [1.807, 2.05) is 6.07 Å². The highest BCUT2D eigenvalue weighted by Crippen LogP contribution is 2.57. The fourth-order valence-corrected chi connectivity index (χ4v) is 25.2. The van der Waals surface area contributed by atoms with Crippen LogP contribution in [-0.4, -0.2) is 19.4 Å². The summed E-state index contributed by atoms with van der Waals surface area (Å²) in [5, 5.41) is 5.09. The molecule has 0 N–H and O–H groups in total. The first kappa shape index (κ1) is 72.7. The first-order valence-corrected chi connectivity index (χ1v) is 46.8. The number of hydrogen-bond acceptors (Lipinski definition) is 2. The molecule has 1 aromatic heterocycles. The van der Waals surface area contributed by atoms with Crippen LogP contribution >= 0.6 is 0 Å². The Balaban J connectivity index is 0.980. The number of benzene rings is 17. The average Bonchev–Trinajstić information content (AvgIpc) is 1.45. The second-order valence-corrected chi connectivity index (χ2v) is 43.6. The summed E-state index contributed by atoms with van der Waals surface area (Å²) >= 11 is 0. The number of fused-ring (bicyclic) bond motifs is 7. The van der Waals surface area contributed by atoms with Gasteiger partial charge in [0.25, 0.3) is 6.71 Å². The Hall–Kier alpha value is -13.6. The first-order valence-electron chi connectivity index (χ1n) is 48.8. The zero-order chi connectivity index (χ0) is 94.6. The molecule has 17 aromatic carbocycles. The van der Waals surface area contributed by atoms with Crippen LogP contribution in [0.2, 0.25) is 0 Å². The fourth-order valence-electron chi connectivity index (χ4n) is 20.5. The third-order valence-corrected chi connectivity index (χ3v) is 31.2. The minimum absolute atomic E-state index is 0.00165. The van der Waals surface area contributed by atoms with Gasteiger partial charge < -0.3 is 14.4 Å². The van der Waals surface area contributed by atoms with E-state index in [0.29, 0.717) is 5.69 Å². The van der Waals surface area contributed by atoms with Crippen molar-refractivity contribution in [1.29, 1.82) is 0 Å². The summed E-state index contributed by atoms with van der Waals surface area (Å²) in [6, 6.07) is 125. The highest BCUT2D eigenvalue weighted by atomic mass is 28.3. The molecule has 0 amide bonds. The summed E-state index contributed by atoms with van der Waals surface area (Å²) < 4.78 is 79.2. The molecular formula is C122H110BN3Si. The topological polar surface area (TPSA) is 11.4 Å². The predicted octanol–water partition coefficient (Wildman–Crippen LogP) is 28.4. The maximum atomic E-state index is 10.1. The summed E-state index contributed by atoms with van der Waals surface area (Å²) in [7, 11) is -3.02. The van der Waals surface area contributed by atoms with Crippen molar-refractivity contribution in [3.63, 3.8) is 0 Å². The van der Waals surface area contributed by atoms with E-state index in [0.717, 1.165) is 123 Å². The van der Waals surface area contributed by atoms with Gasteiger partial charge in [-0.15, -0.1) is 0 Å². The van der Waals surface area contributed by atoms with Crippen LogP contribution in [0.15, 0.2) is 394 Å². The van der Waals surface area contributed by atoms with Crippen LogP contribution in [0.5, 0.6) is 0 Å². The second-order valence-electron chi connectivity index (χ2n) is 39.8. The second kappa shape index (κ2) is 31.5. The molecule has 3 nitrogen and oxygen atoms in total. The van der Waals surface area contributed by atoms with Crippen molar-refractivity contribution in [3.8, 4) is 83.6 Å². The van der Waals surface area contributed by atoms with Crippen LogP contribution < -0.4 is 46.9 Å². The summed E-state index contributed by atoms with van der Waals surface area (Å²) in [5.74, 6) is 0. The molecule has 0 saturated carbocycles. The summed E-state index contributed by atoms with van der Waals surface area (Å²) in [5.41, 5.74) is 27.8. The number of aromatic nitrogens is 1. The lowest BCUT2D eigenvalue weighted by Crippen LogP contribution is -2.74. The Morgan fingerprint density at radius 3 is 0.961 bits per heavy atom. The lowest BCUT2D eigenvalue weighted by Gasteiger charge is -2.46. The molecule has 3 heterocycles. The van der Waals surface area contributed by atoms with Gasteiger partial charge in [-0.2, -0.15) is 0 Å².